The van der Waals surface area contributed by atoms with E-state index >= 15 is 0 Å². The maximum Gasteiger partial charge on any atom is 0.313 e. The zero-order chi connectivity index (χ0) is 25.6. The molecule has 202 valence electrons. The lowest BCUT2D eigenvalue weighted by Crippen LogP contribution is -2.19. The minimum Gasteiger partial charge on any atom is -0.496 e. The average molecular weight is 489 g/mol. The highest BCUT2D eigenvalue weighted by Gasteiger charge is 2.21. The van der Waals surface area contributed by atoms with E-state index in [9.17, 15) is 4.79 Å². The summed E-state index contributed by atoms with van der Waals surface area (Å²) in [5, 5.41) is 0. The second kappa shape index (κ2) is 21.7. The molecule has 0 radical (unpaired) electrons. The molecule has 0 aromatic heterocycles. The Labute approximate surface area is 217 Å². The summed E-state index contributed by atoms with van der Waals surface area (Å²) in [6.07, 6.45) is 23.9. The Kier molecular flexibility index (Phi) is 19.6. The van der Waals surface area contributed by atoms with Gasteiger partial charge in [0.1, 0.15) is 5.75 Å². The number of carbonyl (C=O) groups excluding carboxylic acids is 1. The predicted octanol–water partition coefficient (Wildman–Crippen LogP) is 10.0. The van der Waals surface area contributed by atoms with Crippen LogP contribution in [0.25, 0.3) is 0 Å². The molecule has 0 aliphatic heterocycles. The van der Waals surface area contributed by atoms with Crippen LogP contribution in [0.2, 0.25) is 0 Å². The summed E-state index contributed by atoms with van der Waals surface area (Å²) < 4.78 is 11.3. The molecule has 0 amide bonds. The van der Waals surface area contributed by atoms with Crippen LogP contribution in [0.1, 0.15) is 148 Å². The quantitative estimate of drug-likeness (QED) is 0.113. The van der Waals surface area contributed by atoms with Gasteiger partial charge < -0.3 is 9.47 Å². The van der Waals surface area contributed by atoms with E-state index in [1.54, 1.807) is 7.11 Å². The fourth-order valence-electron chi connectivity index (χ4n) is 4.92. The Bertz CT molecular complexity index is 607. The predicted molar refractivity (Wildman–Crippen MR) is 150 cm³/mol. The smallest absolute Gasteiger partial charge is 0.313 e. The minimum absolute atomic E-state index is 0.133. The standard InChI is InChI=1S/C32H56O3/c1-5-7-9-11-13-15-17-19-23-29(24-20-18-16-14-12-10-8-6-2)27-35-32(33)28(3)30-25-21-22-26-31(30)34-4/h21-22,25-26,28-29H,5-20,23-24,27H2,1-4H3. The normalized spacial score (nSPS) is 12.1. The molecule has 0 saturated carbocycles. The average Bonchev–Trinajstić information content (AvgIpc) is 2.89. The zero-order valence-electron chi connectivity index (χ0n) is 23.6. The van der Waals surface area contributed by atoms with Crippen molar-refractivity contribution in [3.8, 4) is 5.75 Å². The second-order valence-corrected chi connectivity index (χ2v) is 10.5. The first-order valence-corrected chi connectivity index (χ1v) is 14.9. The molecule has 1 aromatic rings. The molecule has 0 fully saturated rings. The van der Waals surface area contributed by atoms with E-state index < -0.39 is 0 Å². The third-order valence-electron chi connectivity index (χ3n) is 7.35. The lowest BCUT2D eigenvalue weighted by molar-refractivity contribution is -0.146. The molecule has 0 spiro atoms. The Morgan fingerprint density at radius 3 is 1.66 bits per heavy atom. The molecule has 0 bridgehead atoms. The van der Waals surface area contributed by atoms with Crippen LogP contribution in [0.3, 0.4) is 0 Å². The van der Waals surface area contributed by atoms with Crippen molar-refractivity contribution in [1.82, 2.24) is 0 Å². The Morgan fingerprint density at radius 1 is 0.714 bits per heavy atom. The van der Waals surface area contributed by atoms with E-state index in [1.807, 2.05) is 31.2 Å². The number of para-hydroxylation sites is 1. The molecule has 1 unspecified atom stereocenters. The van der Waals surface area contributed by atoms with Gasteiger partial charge in [-0.1, -0.05) is 135 Å². The molecular formula is C32H56O3. The van der Waals surface area contributed by atoms with Crippen LogP contribution < -0.4 is 4.74 Å². The van der Waals surface area contributed by atoms with Crippen LogP contribution in [0.4, 0.5) is 0 Å². The van der Waals surface area contributed by atoms with E-state index in [-0.39, 0.29) is 11.9 Å². The molecule has 0 aliphatic rings. The highest BCUT2D eigenvalue weighted by molar-refractivity contribution is 5.78. The van der Waals surface area contributed by atoms with Crippen LogP contribution in [-0.2, 0) is 9.53 Å². The van der Waals surface area contributed by atoms with Crippen molar-refractivity contribution < 1.29 is 14.3 Å². The van der Waals surface area contributed by atoms with Gasteiger partial charge in [-0.3, -0.25) is 4.79 Å². The van der Waals surface area contributed by atoms with Gasteiger partial charge >= 0.3 is 5.97 Å². The number of rotatable bonds is 23. The molecule has 1 rings (SSSR count). The monoisotopic (exact) mass is 488 g/mol. The number of methoxy groups -OCH3 is 1. The van der Waals surface area contributed by atoms with Crippen LogP contribution in [-0.4, -0.2) is 19.7 Å². The van der Waals surface area contributed by atoms with Gasteiger partial charge in [0.15, 0.2) is 0 Å². The van der Waals surface area contributed by atoms with Gasteiger partial charge in [-0.25, -0.2) is 0 Å². The lowest BCUT2D eigenvalue weighted by Gasteiger charge is -2.20. The van der Waals surface area contributed by atoms with Crippen molar-refractivity contribution >= 4 is 5.97 Å². The van der Waals surface area contributed by atoms with Crippen molar-refractivity contribution in [2.45, 2.75) is 142 Å². The van der Waals surface area contributed by atoms with Crippen LogP contribution in [0.15, 0.2) is 24.3 Å². The van der Waals surface area contributed by atoms with Gasteiger partial charge in [0.25, 0.3) is 0 Å². The molecule has 0 heterocycles. The van der Waals surface area contributed by atoms with Crippen LogP contribution in [0.5, 0.6) is 5.75 Å². The molecule has 35 heavy (non-hydrogen) atoms. The van der Waals surface area contributed by atoms with E-state index in [0.29, 0.717) is 12.5 Å². The molecular weight excluding hydrogens is 432 g/mol. The molecule has 0 N–H and O–H groups in total. The second-order valence-electron chi connectivity index (χ2n) is 10.5. The first-order valence-electron chi connectivity index (χ1n) is 14.9. The third kappa shape index (κ3) is 15.3. The summed E-state index contributed by atoms with van der Waals surface area (Å²) in [4.78, 5) is 12.8. The number of hydrogen-bond donors (Lipinski definition) is 0. The number of carbonyl (C=O) groups is 1. The molecule has 3 nitrogen and oxygen atoms in total. The maximum atomic E-state index is 12.8. The number of benzene rings is 1. The van der Waals surface area contributed by atoms with Gasteiger partial charge in [0.05, 0.1) is 19.6 Å². The molecule has 3 heteroatoms. The highest BCUT2D eigenvalue weighted by Crippen LogP contribution is 2.28. The molecule has 0 aliphatic carbocycles. The zero-order valence-corrected chi connectivity index (χ0v) is 23.6. The first kappa shape index (κ1) is 31.5. The maximum absolute atomic E-state index is 12.8. The van der Waals surface area contributed by atoms with Crippen molar-refractivity contribution in [1.29, 1.82) is 0 Å². The van der Waals surface area contributed by atoms with Crippen molar-refractivity contribution in [2.75, 3.05) is 13.7 Å². The van der Waals surface area contributed by atoms with Gasteiger partial charge in [0.2, 0.25) is 0 Å². The van der Waals surface area contributed by atoms with Crippen LogP contribution in [0, 0.1) is 5.92 Å². The van der Waals surface area contributed by atoms with Gasteiger partial charge in [0, 0.05) is 5.56 Å². The lowest BCUT2D eigenvalue weighted by atomic mass is 9.94. The Morgan fingerprint density at radius 2 is 1.17 bits per heavy atom. The largest absolute Gasteiger partial charge is 0.496 e. The van der Waals surface area contributed by atoms with E-state index in [1.165, 1.54) is 116 Å². The summed E-state index contributed by atoms with van der Waals surface area (Å²) in [6.45, 7) is 7.03. The Hall–Kier alpha value is -1.51. The summed E-state index contributed by atoms with van der Waals surface area (Å²) >= 11 is 0. The highest BCUT2D eigenvalue weighted by atomic mass is 16.5. The minimum atomic E-state index is -0.307. The topological polar surface area (TPSA) is 35.5 Å². The number of unbranched alkanes of at least 4 members (excludes halogenated alkanes) is 14. The van der Waals surface area contributed by atoms with Crippen molar-refractivity contribution in [2.24, 2.45) is 5.92 Å². The molecule has 0 saturated heterocycles. The summed E-state index contributed by atoms with van der Waals surface area (Å²) in [7, 11) is 1.65. The number of hydrogen-bond acceptors (Lipinski definition) is 3. The summed E-state index contributed by atoms with van der Waals surface area (Å²) in [5.41, 5.74) is 0.905. The number of ether oxygens (including phenoxy) is 2. The molecule has 1 aromatic carbocycles. The van der Waals surface area contributed by atoms with E-state index in [2.05, 4.69) is 13.8 Å². The SMILES string of the molecule is CCCCCCCCCCC(CCCCCCCCCC)COC(=O)C(C)c1ccccc1OC. The first-order chi connectivity index (χ1) is 17.1. The Balaban J connectivity index is 2.42. The van der Waals surface area contributed by atoms with Crippen molar-refractivity contribution in [3.05, 3.63) is 29.8 Å². The number of esters is 1. The van der Waals surface area contributed by atoms with Gasteiger partial charge in [-0.15, -0.1) is 0 Å². The summed E-state index contributed by atoms with van der Waals surface area (Å²) in [6, 6.07) is 7.76. The fourth-order valence-corrected chi connectivity index (χ4v) is 4.92. The van der Waals surface area contributed by atoms with Gasteiger partial charge in [-0.05, 0) is 31.7 Å². The van der Waals surface area contributed by atoms with E-state index in [4.69, 9.17) is 9.47 Å². The van der Waals surface area contributed by atoms with Gasteiger partial charge in [-0.2, -0.15) is 0 Å². The third-order valence-corrected chi connectivity index (χ3v) is 7.35. The fraction of sp³-hybridized carbons (Fsp3) is 0.781. The van der Waals surface area contributed by atoms with Crippen molar-refractivity contribution in [3.63, 3.8) is 0 Å². The molecule has 1 atom stereocenters. The van der Waals surface area contributed by atoms with E-state index in [0.717, 1.165) is 11.3 Å². The summed E-state index contributed by atoms with van der Waals surface area (Å²) in [5.74, 6) is 0.805. The van der Waals surface area contributed by atoms with Crippen LogP contribution >= 0.6 is 0 Å².